The van der Waals surface area contributed by atoms with Gasteiger partial charge in [0.1, 0.15) is 0 Å². The zero-order valence-corrected chi connectivity index (χ0v) is 31.5. The van der Waals surface area contributed by atoms with E-state index in [4.69, 9.17) is 0 Å². The van der Waals surface area contributed by atoms with Crippen molar-refractivity contribution in [3.63, 3.8) is 0 Å². The van der Waals surface area contributed by atoms with E-state index in [-0.39, 0.29) is 5.41 Å². The molecule has 0 bridgehead atoms. The second-order valence-corrected chi connectivity index (χ2v) is 17.3. The van der Waals surface area contributed by atoms with Crippen molar-refractivity contribution >= 4 is 38.9 Å². The Bertz CT molecular complexity index is 3340. The highest BCUT2D eigenvalue weighted by Crippen LogP contribution is 2.67. The third kappa shape index (κ3) is 3.16. The maximum absolute atomic E-state index is 2.62. The average Bonchev–Trinajstić information content (AvgIpc) is 3.90. The molecule has 8 aromatic carbocycles. The Balaban J connectivity index is 1.12. The van der Waals surface area contributed by atoms with Gasteiger partial charge in [0.25, 0.3) is 0 Å². The molecule has 1 atom stereocenters. The Hall–Kier alpha value is -6.64. The van der Waals surface area contributed by atoms with E-state index in [1.54, 1.807) is 0 Å². The summed E-state index contributed by atoms with van der Waals surface area (Å²) in [5.74, 6) is 0. The second kappa shape index (κ2) is 9.59. The molecule has 0 N–H and O–H groups in total. The molecule has 0 radical (unpaired) electrons. The molecular formula is C54H36N2. The van der Waals surface area contributed by atoms with Gasteiger partial charge in [-0.25, -0.2) is 0 Å². The number of rotatable bonds is 1. The minimum atomic E-state index is -0.398. The summed E-state index contributed by atoms with van der Waals surface area (Å²) < 4.78 is 2.62. The number of para-hydroxylation sites is 2. The first-order valence-corrected chi connectivity index (χ1v) is 20.1. The number of fused-ring (bicyclic) bond motifs is 14. The minimum Gasteiger partial charge on any atom is -0.310 e. The number of hydrogen-bond acceptors (Lipinski definition) is 1. The molecule has 262 valence electrons. The van der Waals surface area contributed by atoms with Crippen molar-refractivity contribution in [1.29, 1.82) is 0 Å². The molecule has 0 saturated carbocycles. The monoisotopic (exact) mass is 712 g/mol. The van der Waals surface area contributed by atoms with E-state index < -0.39 is 5.41 Å². The third-order valence-corrected chi connectivity index (χ3v) is 14.5. The number of nitrogens with zero attached hydrogens (tertiary/aromatic N) is 2. The Morgan fingerprint density at radius 3 is 2.04 bits per heavy atom. The summed E-state index contributed by atoms with van der Waals surface area (Å²) in [5, 5.41) is 2.64. The Kier molecular flexibility index (Phi) is 5.08. The van der Waals surface area contributed by atoms with Crippen LogP contribution in [0.4, 0.5) is 17.1 Å². The highest BCUT2D eigenvalue weighted by atomic mass is 15.2. The fourth-order valence-electron chi connectivity index (χ4n) is 12.3. The summed E-state index contributed by atoms with van der Waals surface area (Å²) in [6.45, 7) is 7.27. The maximum Gasteiger partial charge on any atom is 0.0623 e. The fraction of sp³-hybridized carbons (Fsp3) is 0.111. The van der Waals surface area contributed by atoms with E-state index in [9.17, 15) is 0 Å². The van der Waals surface area contributed by atoms with Gasteiger partial charge < -0.3 is 9.47 Å². The molecule has 0 spiro atoms. The van der Waals surface area contributed by atoms with Crippen molar-refractivity contribution < 1.29 is 0 Å². The van der Waals surface area contributed by atoms with Gasteiger partial charge in [-0.3, -0.25) is 0 Å². The van der Waals surface area contributed by atoms with Crippen LogP contribution in [-0.2, 0) is 17.3 Å². The molecule has 2 aliphatic heterocycles. The number of anilines is 3. The van der Waals surface area contributed by atoms with Gasteiger partial charge in [-0.1, -0.05) is 123 Å². The normalized spacial score (nSPS) is 17.7. The summed E-state index contributed by atoms with van der Waals surface area (Å²) in [6, 6.07) is 58.2. The molecule has 1 aromatic heterocycles. The molecule has 2 nitrogen and oxygen atoms in total. The predicted molar refractivity (Wildman–Crippen MR) is 231 cm³/mol. The maximum atomic E-state index is 2.62. The second-order valence-electron chi connectivity index (χ2n) is 17.3. The lowest BCUT2D eigenvalue weighted by molar-refractivity contribution is 0.660. The zero-order chi connectivity index (χ0) is 36.8. The largest absolute Gasteiger partial charge is 0.310 e. The number of benzene rings is 8. The molecule has 0 fully saturated rings. The quantitative estimate of drug-likeness (QED) is 0.164. The molecule has 3 heterocycles. The first-order chi connectivity index (χ1) is 27.4. The van der Waals surface area contributed by atoms with Crippen LogP contribution in [0, 0.1) is 0 Å². The topological polar surface area (TPSA) is 8.17 Å². The molecule has 14 rings (SSSR count). The van der Waals surface area contributed by atoms with E-state index in [0.29, 0.717) is 0 Å². The van der Waals surface area contributed by atoms with Crippen molar-refractivity contribution in [3.05, 3.63) is 191 Å². The summed E-state index contributed by atoms with van der Waals surface area (Å²) in [5.41, 5.74) is 28.1. The first-order valence-electron chi connectivity index (χ1n) is 20.1. The number of hydrogen-bond donors (Lipinski definition) is 0. The van der Waals surface area contributed by atoms with Crippen LogP contribution in [0.25, 0.3) is 72.0 Å². The van der Waals surface area contributed by atoms with E-state index in [1.165, 1.54) is 128 Å². The van der Waals surface area contributed by atoms with Crippen molar-refractivity contribution in [1.82, 2.24) is 4.57 Å². The van der Waals surface area contributed by atoms with Crippen LogP contribution < -0.4 is 4.90 Å². The van der Waals surface area contributed by atoms with Crippen LogP contribution in [0.3, 0.4) is 0 Å². The summed E-state index contributed by atoms with van der Waals surface area (Å²) in [7, 11) is 0. The van der Waals surface area contributed by atoms with Crippen LogP contribution in [0.15, 0.2) is 152 Å². The standard InChI is InChI=1S/C54H36N2/c1-53(2)40-19-6-4-15-33(40)37-28-32(25-26-41(37)53)55-44-22-9-7-20-42(44)54(3)50-35(17-12-24-46(50)55)38-29-39-34-16-5-8-21-43(34)56-45-23-11-14-31-27-30-13-10-18-36(47(30)48(31)45)49(51(38)54)52(39)56/h4-26,28-29H,27H2,1-3H3. The van der Waals surface area contributed by atoms with Gasteiger partial charge in [0.15, 0.2) is 0 Å². The lowest BCUT2D eigenvalue weighted by Gasteiger charge is -2.43. The highest BCUT2D eigenvalue weighted by molar-refractivity contribution is 6.21. The van der Waals surface area contributed by atoms with Crippen LogP contribution in [0.2, 0.25) is 0 Å². The fourth-order valence-corrected chi connectivity index (χ4v) is 12.3. The van der Waals surface area contributed by atoms with Crippen molar-refractivity contribution in [2.45, 2.75) is 38.0 Å². The number of aromatic nitrogens is 1. The van der Waals surface area contributed by atoms with Crippen molar-refractivity contribution in [3.8, 4) is 50.2 Å². The molecule has 0 saturated heterocycles. The average molecular weight is 713 g/mol. The van der Waals surface area contributed by atoms with Crippen LogP contribution >= 0.6 is 0 Å². The Morgan fingerprint density at radius 1 is 0.446 bits per heavy atom. The van der Waals surface area contributed by atoms with Gasteiger partial charge in [-0.2, -0.15) is 0 Å². The molecule has 9 aromatic rings. The van der Waals surface area contributed by atoms with Crippen molar-refractivity contribution in [2.24, 2.45) is 0 Å². The third-order valence-electron chi connectivity index (χ3n) is 14.5. The summed E-state index contributed by atoms with van der Waals surface area (Å²) in [4.78, 5) is 2.56. The molecule has 5 aliphatic rings. The van der Waals surface area contributed by atoms with Crippen LogP contribution in [0.1, 0.15) is 59.7 Å². The van der Waals surface area contributed by atoms with Gasteiger partial charge in [0.2, 0.25) is 0 Å². The Labute approximate surface area is 325 Å². The molecular weight excluding hydrogens is 677 g/mol. The first kappa shape index (κ1) is 29.7. The predicted octanol–water partition coefficient (Wildman–Crippen LogP) is 13.8. The molecule has 0 amide bonds. The van der Waals surface area contributed by atoms with Gasteiger partial charge in [0, 0.05) is 38.4 Å². The van der Waals surface area contributed by atoms with Gasteiger partial charge in [0.05, 0.1) is 28.1 Å². The van der Waals surface area contributed by atoms with E-state index in [2.05, 4.69) is 182 Å². The lowest BCUT2D eigenvalue weighted by Crippen LogP contribution is -2.32. The molecule has 3 aliphatic carbocycles. The molecule has 56 heavy (non-hydrogen) atoms. The van der Waals surface area contributed by atoms with Gasteiger partial charge in [-0.15, -0.1) is 0 Å². The van der Waals surface area contributed by atoms with Gasteiger partial charge >= 0.3 is 0 Å². The van der Waals surface area contributed by atoms with E-state index in [1.807, 2.05) is 0 Å². The summed E-state index contributed by atoms with van der Waals surface area (Å²) in [6.07, 6.45) is 0.973. The van der Waals surface area contributed by atoms with Crippen LogP contribution in [0.5, 0.6) is 0 Å². The minimum absolute atomic E-state index is 0.0382. The van der Waals surface area contributed by atoms with Crippen molar-refractivity contribution in [2.75, 3.05) is 4.90 Å². The smallest absolute Gasteiger partial charge is 0.0623 e. The highest BCUT2D eigenvalue weighted by Gasteiger charge is 2.51. The Morgan fingerprint density at radius 2 is 1.12 bits per heavy atom. The van der Waals surface area contributed by atoms with Crippen LogP contribution in [-0.4, -0.2) is 4.57 Å². The molecule has 1 unspecified atom stereocenters. The summed E-state index contributed by atoms with van der Waals surface area (Å²) >= 11 is 0. The molecule has 2 heteroatoms. The zero-order valence-electron chi connectivity index (χ0n) is 31.5. The van der Waals surface area contributed by atoms with E-state index >= 15 is 0 Å². The SMILES string of the molecule is CC1(C)c2ccccc2-c2cc(N3c4ccccc4C4(C)c5c(cccc53)-c3cc5c6ccccc6n6c5c(c34)-c3cccc4c3-c3c(cccc3-6)C4)ccc21. The van der Waals surface area contributed by atoms with Gasteiger partial charge in [-0.05, 0) is 128 Å². The lowest BCUT2D eigenvalue weighted by atomic mass is 9.68. The van der Waals surface area contributed by atoms with E-state index in [0.717, 1.165) is 6.42 Å².